The number of rotatable bonds is 7. The molecule has 3 aromatic carbocycles. The zero-order valence-electron chi connectivity index (χ0n) is 14.0. The van der Waals surface area contributed by atoms with Crippen molar-refractivity contribution in [2.24, 2.45) is 0 Å². The smallest absolute Gasteiger partial charge is 0.271 e. The summed E-state index contributed by atoms with van der Waals surface area (Å²) in [6.07, 6.45) is 0.247. The van der Waals surface area contributed by atoms with Gasteiger partial charge in [-0.25, -0.2) is 0 Å². The highest BCUT2D eigenvalue weighted by atomic mass is 16.6. The SMILES string of the molecule is O=C(C[C@@H](Nc1cccc([N+](=O)[O-])c1)c1ccccc1)c1ccccc1. The van der Waals surface area contributed by atoms with Gasteiger partial charge in [-0.2, -0.15) is 0 Å². The molecule has 0 aliphatic rings. The first-order chi connectivity index (χ1) is 12.6. The van der Waals surface area contributed by atoms with E-state index < -0.39 is 4.92 Å². The summed E-state index contributed by atoms with van der Waals surface area (Å²) in [7, 11) is 0. The lowest BCUT2D eigenvalue weighted by molar-refractivity contribution is -0.384. The monoisotopic (exact) mass is 346 g/mol. The topological polar surface area (TPSA) is 72.2 Å². The number of carbonyl (C=O) groups excluding carboxylic acids is 1. The Morgan fingerprint density at radius 2 is 1.58 bits per heavy atom. The third kappa shape index (κ3) is 4.33. The lowest BCUT2D eigenvalue weighted by Gasteiger charge is -2.20. The third-order valence-corrected chi connectivity index (χ3v) is 4.09. The molecule has 5 heteroatoms. The lowest BCUT2D eigenvalue weighted by atomic mass is 9.97. The summed E-state index contributed by atoms with van der Waals surface area (Å²) in [6, 6.07) is 24.7. The second-order valence-electron chi connectivity index (χ2n) is 5.91. The molecule has 0 aliphatic heterocycles. The van der Waals surface area contributed by atoms with Crippen molar-refractivity contribution < 1.29 is 9.72 Å². The van der Waals surface area contributed by atoms with E-state index >= 15 is 0 Å². The van der Waals surface area contributed by atoms with E-state index in [4.69, 9.17) is 0 Å². The summed E-state index contributed by atoms with van der Waals surface area (Å²) >= 11 is 0. The fraction of sp³-hybridized carbons (Fsp3) is 0.0952. The van der Waals surface area contributed by atoms with Gasteiger partial charge in [-0.3, -0.25) is 14.9 Å². The Hall–Kier alpha value is -3.47. The molecule has 0 saturated carbocycles. The molecule has 0 fully saturated rings. The molecule has 0 radical (unpaired) electrons. The van der Waals surface area contributed by atoms with E-state index in [1.54, 1.807) is 24.3 Å². The van der Waals surface area contributed by atoms with Gasteiger partial charge in [0, 0.05) is 29.8 Å². The molecule has 130 valence electrons. The Morgan fingerprint density at radius 3 is 2.23 bits per heavy atom. The third-order valence-electron chi connectivity index (χ3n) is 4.09. The van der Waals surface area contributed by atoms with Crippen molar-refractivity contribution in [3.05, 3.63) is 106 Å². The maximum absolute atomic E-state index is 12.6. The molecule has 0 aliphatic carbocycles. The lowest BCUT2D eigenvalue weighted by Crippen LogP contribution is -2.16. The second kappa shape index (κ2) is 8.07. The number of ketones is 1. The van der Waals surface area contributed by atoms with Gasteiger partial charge in [0.25, 0.3) is 5.69 Å². The molecule has 1 N–H and O–H groups in total. The first kappa shape index (κ1) is 17.4. The van der Waals surface area contributed by atoms with Gasteiger partial charge >= 0.3 is 0 Å². The molecule has 3 aromatic rings. The number of nitrogens with zero attached hydrogens (tertiary/aromatic N) is 1. The van der Waals surface area contributed by atoms with Crippen molar-refractivity contribution >= 4 is 17.2 Å². The van der Waals surface area contributed by atoms with E-state index in [0.29, 0.717) is 11.3 Å². The summed E-state index contributed by atoms with van der Waals surface area (Å²) in [5.41, 5.74) is 2.21. The van der Waals surface area contributed by atoms with E-state index in [2.05, 4.69) is 5.32 Å². The van der Waals surface area contributed by atoms with Crippen LogP contribution in [-0.4, -0.2) is 10.7 Å². The maximum Gasteiger partial charge on any atom is 0.271 e. The van der Waals surface area contributed by atoms with E-state index in [-0.39, 0.29) is 23.9 Å². The number of hydrogen-bond donors (Lipinski definition) is 1. The normalized spacial score (nSPS) is 11.5. The van der Waals surface area contributed by atoms with E-state index in [9.17, 15) is 14.9 Å². The summed E-state index contributed by atoms with van der Waals surface area (Å²) in [5, 5.41) is 14.3. The number of anilines is 1. The first-order valence-electron chi connectivity index (χ1n) is 8.27. The number of hydrogen-bond acceptors (Lipinski definition) is 4. The number of carbonyl (C=O) groups is 1. The van der Waals surface area contributed by atoms with Gasteiger partial charge in [0.2, 0.25) is 0 Å². The predicted molar refractivity (Wildman–Crippen MR) is 101 cm³/mol. The van der Waals surface area contributed by atoms with Crippen LogP contribution in [0.1, 0.15) is 28.4 Å². The van der Waals surface area contributed by atoms with Crippen molar-refractivity contribution in [2.75, 3.05) is 5.32 Å². The number of nitrogens with one attached hydrogen (secondary N) is 1. The molecule has 0 amide bonds. The van der Waals surface area contributed by atoms with Crippen LogP contribution in [-0.2, 0) is 0 Å². The number of nitro benzene ring substituents is 1. The average Bonchev–Trinajstić information content (AvgIpc) is 2.69. The zero-order valence-corrected chi connectivity index (χ0v) is 14.0. The minimum absolute atomic E-state index is 0.0104. The first-order valence-corrected chi connectivity index (χ1v) is 8.27. The minimum atomic E-state index is -0.433. The Morgan fingerprint density at radius 1 is 0.923 bits per heavy atom. The van der Waals surface area contributed by atoms with Crippen LogP contribution in [0.4, 0.5) is 11.4 Å². The van der Waals surface area contributed by atoms with Crippen molar-refractivity contribution in [2.45, 2.75) is 12.5 Å². The molecule has 26 heavy (non-hydrogen) atoms. The molecule has 0 aromatic heterocycles. The fourth-order valence-corrected chi connectivity index (χ4v) is 2.78. The zero-order chi connectivity index (χ0) is 18.4. The van der Waals surface area contributed by atoms with Crippen LogP contribution in [0.3, 0.4) is 0 Å². The maximum atomic E-state index is 12.6. The van der Waals surface area contributed by atoms with Gasteiger partial charge in [0.15, 0.2) is 5.78 Å². The molecule has 1 atom stereocenters. The molecule has 3 rings (SSSR count). The molecule has 0 unspecified atom stereocenters. The van der Waals surface area contributed by atoms with E-state index in [0.717, 1.165) is 5.56 Å². The highest BCUT2D eigenvalue weighted by molar-refractivity contribution is 5.96. The minimum Gasteiger partial charge on any atom is -0.378 e. The molecule has 0 spiro atoms. The Labute approximate surface area is 151 Å². The van der Waals surface area contributed by atoms with Gasteiger partial charge in [-0.1, -0.05) is 66.7 Å². The van der Waals surface area contributed by atoms with Crippen molar-refractivity contribution in [1.82, 2.24) is 0 Å². The largest absolute Gasteiger partial charge is 0.378 e. The number of non-ortho nitro benzene ring substituents is 1. The van der Waals surface area contributed by atoms with Gasteiger partial charge in [-0.05, 0) is 11.6 Å². The van der Waals surface area contributed by atoms with Crippen molar-refractivity contribution in [1.29, 1.82) is 0 Å². The van der Waals surface area contributed by atoms with Crippen molar-refractivity contribution in [3.63, 3.8) is 0 Å². The van der Waals surface area contributed by atoms with Crippen LogP contribution in [0.2, 0.25) is 0 Å². The highest BCUT2D eigenvalue weighted by Gasteiger charge is 2.18. The van der Waals surface area contributed by atoms with Crippen molar-refractivity contribution in [3.8, 4) is 0 Å². The summed E-state index contributed by atoms with van der Waals surface area (Å²) in [6.45, 7) is 0. The summed E-state index contributed by atoms with van der Waals surface area (Å²) < 4.78 is 0. The number of nitro groups is 1. The summed E-state index contributed by atoms with van der Waals surface area (Å²) in [4.78, 5) is 23.2. The molecule has 0 bridgehead atoms. The summed E-state index contributed by atoms with van der Waals surface area (Å²) in [5.74, 6) is 0.0115. The Balaban J connectivity index is 1.86. The molecular weight excluding hydrogens is 328 g/mol. The van der Waals surface area contributed by atoms with Crippen LogP contribution in [0.25, 0.3) is 0 Å². The second-order valence-corrected chi connectivity index (χ2v) is 5.91. The van der Waals surface area contributed by atoms with Gasteiger partial charge < -0.3 is 5.32 Å². The fourth-order valence-electron chi connectivity index (χ4n) is 2.78. The Bertz CT molecular complexity index is 895. The number of Topliss-reactive ketones (excluding diaryl/α,β-unsaturated/α-hetero) is 1. The van der Waals surface area contributed by atoms with Crippen LogP contribution < -0.4 is 5.32 Å². The van der Waals surface area contributed by atoms with E-state index in [1.807, 2.05) is 48.5 Å². The molecule has 0 heterocycles. The molecule has 5 nitrogen and oxygen atoms in total. The van der Waals surface area contributed by atoms with Gasteiger partial charge in [-0.15, -0.1) is 0 Å². The van der Waals surface area contributed by atoms with Crippen LogP contribution >= 0.6 is 0 Å². The van der Waals surface area contributed by atoms with E-state index in [1.165, 1.54) is 12.1 Å². The predicted octanol–water partition coefficient (Wildman–Crippen LogP) is 5.02. The standard InChI is InChI=1S/C21H18N2O3/c24-21(17-10-5-2-6-11-17)15-20(16-8-3-1-4-9-16)22-18-12-7-13-19(14-18)23(25)26/h1-14,20,22H,15H2/t20-/m1/s1. The highest BCUT2D eigenvalue weighted by Crippen LogP contribution is 2.26. The molecular formula is C21H18N2O3. The van der Waals surface area contributed by atoms with Gasteiger partial charge in [0.05, 0.1) is 11.0 Å². The van der Waals surface area contributed by atoms with Crippen LogP contribution in [0.15, 0.2) is 84.9 Å². The average molecular weight is 346 g/mol. The Kier molecular flexibility index (Phi) is 5.39. The molecule has 0 saturated heterocycles. The van der Waals surface area contributed by atoms with Crippen LogP contribution in [0.5, 0.6) is 0 Å². The number of benzene rings is 3. The van der Waals surface area contributed by atoms with Crippen LogP contribution in [0, 0.1) is 10.1 Å². The van der Waals surface area contributed by atoms with Gasteiger partial charge in [0.1, 0.15) is 0 Å². The quantitative estimate of drug-likeness (QED) is 0.370.